The van der Waals surface area contributed by atoms with Gasteiger partial charge in [-0.25, -0.2) is 4.79 Å². The Hall–Kier alpha value is -2.20. The van der Waals surface area contributed by atoms with Crippen LogP contribution in [0.1, 0.15) is 36.7 Å². The minimum Gasteiger partial charge on any atom is -0.490 e. The quantitative estimate of drug-likeness (QED) is 0.762. The molecule has 0 aromatic heterocycles. The van der Waals surface area contributed by atoms with Crippen LogP contribution >= 0.6 is 11.6 Å². The standard InChI is InChI=1S/C19H21ClO4/c1-19(2,3)13-4-7-15(8-5-13)23-10-11-24-17-9-6-14(20)12-16(17)18(21)22/h4-9,12H,10-11H2,1-3H3,(H,21,22). The molecule has 4 nitrogen and oxygen atoms in total. The highest BCUT2D eigenvalue weighted by Crippen LogP contribution is 2.25. The molecule has 2 aromatic rings. The van der Waals surface area contributed by atoms with Crippen molar-refractivity contribution in [1.82, 2.24) is 0 Å². The van der Waals surface area contributed by atoms with Gasteiger partial charge in [0.2, 0.25) is 0 Å². The van der Waals surface area contributed by atoms with Crippen LogP contribution in [0.5, 0.6) is 11.5 Å². The summed E-state index contributed by atoms with van der Waals surface area (Å²) >= 11 is 5.80. The molecule has 0 amide bonds. The zero-order valence-electron chi connectivity index (χ0n) is 14.0. The maximum absolute atomic E-state index is 11.2. The Morgan fingerprint density at radius 1 is 1.04 bits per heavy atom. The molecule has 0 radical (unpaired) electrons. The van der Waals surface area contributed by atoms with Crippen molar-refractivity contribution >= 4 is 17.6 Å². The molecule has 0 atom stereocenters. The van der Waals surface area contributed by atoms with E-state index in [0.717, 1.165) is 5.75 Å². The van der Waals surface area contributed by atoms with Crippen LogP contribution in [0.15, 0.2) is 42.5 Å². The van der Waals surface area contributed by atoms with Crippen LogP contribution in [0.4, 0.5) is 0 Å². The van der Waals surface area contributed by atoms with Crippen LogP contribution in [-0.4, -0.2) is 24.3 Å². The number of hydrogen-bond acceptors (Lipinski definition) is 3. The van der Waals surface area contributed by atoms with Crippen molar-refractivity contribution in [3.63, 3.8) is 0 Å². The Balaban J connectivity index is 1.88. The number of carbonyl (C=O) groups is 1. The molecule has 0 unspecified atom stereocenters. The Kier molecular flexibility index (Phi) is 5.73. The minimum atomic E-state index is -1.08. The van der Waals surface area contributed by atoms with Gasteiger partial charge >= 0.3 is 5.97 Å². The summed E-state index contributed by atoms with van der Waals surface area (Å²) in [6.45, 7) is 7.02. The van der Waals surface area contributed by atoms with Crippen molar-refractivity contribution in [2.24, 2.45) is 0 Å². The lowest BCUT2D eigenvalue weighted by atomic mass is 9.87. The fourth-order valence-electron chi connectivity index (χ4n) is 2.16. The zero-order chi connectivity index (χ0) is 17.7. The zero-order valence-corrected chi connectivity index (χ0v) is 14.8. The minimum absolute atomic E-state index is 0.0389. The molecular weight excluding hydrogens is 328 g/mol. The van der Waals surface area contributed by atoms with E-state index in [-0.39, 0.29) is 23.3 Å². The number of rotatable bonds is 6. The highest BCUT2D eigenvalue weighted by atomic mass is 35.5. The van der Waals surface area contributed by atoms with Gasteiger partial charge in [-0.3, -0.25) is 0 Å². The SMILES string of the molecule is CC(C)(C)c1ccc(OCCOc2ccc(Cl)cc2C(=O)O)cc1. The largest absolute Gasteiger partial charge is 0.490 e. The van der Waals surface area contributed by atoms with Crippen molar-refractivity contribution in [1.29, 1.82) is 0 Å². The molecule has 0 bridgehead atoms. The highest BCUT2D eigenvalue weighted by molar-refractivity contribution is 6.31. The van der Waals surface area contributed by atoms with Gasteiger partial charge in [-0.1, -0.05) is 44.5 Å². The second-order valence-electron chi connectivity index (χ2n) is 6.42. The lowest BCUT2D eigenvalue weighted by Gasteiger charge is -2.19. The Morgan fingerprint density at radius 2 is 1.67 bits per heavy atom. The average Bonchev–Trinajstić information content (AvgIpc) is 2.52. The summed E-state index contributed by atoms with van der Waals surface area (Å²) in [6.07, 6.45) is 0. The number of hydrogen-bond donors (Lipinski definition) is 1. The molecular formula is C19H21ClO4. The van der Waals surface area contributed by atoms with Gasteiger partial charge in [0, 0.05) is 5.02 Å². The summed E-state index contributed by atoms with van der Waals surface area (Å²) in [6, 6.07) is 12.4. The molecule has 0 fully saturated rings. The van der Waals surface area contributed by atoms with Crippen LogP contribution in [0.25, 0.3) is 0 Å². The van der Waals surface area contributed by atoms with Crippen LogP contribution in [0.2, 0.25) is 5.02 Å². The maximum atomic E-state index is 11.2. The van der Waals surface area contributed by atoms with E-state index in [0.29, 0.717) is 11.6 Å². The second kappa shape index (κ2) is 7.58. The fraction of sp³-hybridized carbons (Fsp3) is 0.316. The molecule has 24 heavy (non-hydrogen) atoms. The highest BCUT2D eigenvalue weighted by Gasteiger charge is 2.13. The van der Waals surface area contributed by atoms with Gasteiger partial charge in [-0.15, -0.1) is 0 Å². The van der Waals surface area contributed by atoms with Crippen molar-refractivity contribution in [2.45, 2.75) is 26.2 Å². The molecule has 2 aromatic carbocycles. The first-order valence-corrected chi connectivity index (χ1v) is 8.04. The number of carboxylic acid groups (broad SMARTS) is 1. The van der Waals surface area contributed by atoms with E-state index in [1.807, 2.05) is 24.3 Å². The topological polar surface area (TPSA) is 55.8 Å². The maximum Gasteiger partial charge on any atom is 0.339 e. The number of benzene rings is 2. The molecule has 0 saturated heterocycles. The van der Waals surface area contributed by atoms with E-state index in [2.05, 4.69) is 20.8 Å². The van der Waals surface area contributed by atoms with Crippen LogP contribution in [0.3, 0.4) is 0 Å². The number of halogens is 1. The lowest BCUT2D eigenvalue weighted by Crippen LogP contribution is -2.12. The number of ether oxygens (including phenoxy) is 2. The third-order valence-electron chi connectivity index (χ3n) is 3.50. The first-order valence-electron chi connectivity index (χ1n) is 7.66. The molecule has 0 aliphatic heterocycles. The molecule has 1 N–H and O–H groups in total. The first-order chi connectivity index (χ1) is 11.3. The summed E-state index contributed by atoms with van der Waals surface area (Å²) < 4.78 is 11.1. The van der Waals surface area contributed by atoms with E-state index < -0.39 is 5.97 Å². The van der Waals surface area contributed by atoms with Crippen molar-refractivity contribution in [2.75, 3.05) is 13.2 Å². The van der Waals surface area contributed by atoms with Gasteiger partial charge in [0.25, 0.3) is 0 Å². The van der Waals surface area contributed by atoms with E-state index in [4.69, 9.17) is 26.2 Å². The van der Waals surface area contributed by atoms with Crippen LogP contribution in [-0.2, 0) is 5.41 Å². The van der Waals surface area contributed by atoms with Gasteiger partial charge in [0.05, 0.1) is 0 Å². The molecule has 5 heteroatoms. The Bertz CT molecular complexity index is 702. The summed E-state index contributed by atoms with van der Waals surface area (Å²) in [5.41, 5.74) is 1.37. The predicted octanol–water partition coefficient (Wildman–Crippen LogP) is 4.79. The van der Waals surface area contributed by atoms with Gasteiger partial charge in [0.15, 0.2) is 0 Å². The van der Waals surface area contributed by atoms with Gasteiger partial charge in [-0.05, 0) is 41.3 Å². The smallest absolute Gasteiger partial charge is 0.339 e. The molecule has 0 spiro atoms. The molecule has 0 saturated carbocycles. The van der Waals surface area contributed by atoms with E-state index in [1.54, 1.807) is 12.1 Å². The van der Waals surface area contributed by atoms with Crippen molar-refractivity contribution < 1.29 is 19.4 Å². The lowest BCUT2D eigenvalue weighted by molar-refractivity contribution is 0.0691. The summed E-state index contributed by atoms with van der Waals surface area (Å²) in [4.78, 5) is 11.2. The van der Waals surface area contributed by atoms with Gasteiger partial charge in [0.1, 0.15) is 30.3 Å². The Labute approximate surface area is 147 Å². The molecule has 0 heterocycles. The Morgan fingerprint density at radius 3 is 2.25 bits per heavy atom. The predicted molar refractivity (Wildman–Crippen MR) is 94.5 cm³/mol. The van der Waals surface area contributed by atoms with Crippen molar-refractivity contribution in [3.8, 4) is 11.5 Å². The van der Waals surface area contributed by atoms with E-state index >= 15 is 0 Å². The summed E-state index contributed by atoms with van der Waals surface area (Å²) in [5, 5.41) is 9.50. The average molecular weight is 349 g/mol. The van der Waals surface area contributed by atoms with E-state index in [9.17, 15) is 4.79 Å². The van der Waals surface area contributed by atoms with Gasteiger partial charge < -0.3 is 14.6 Å². The second-order valence-corrected chi connectivity index (χ2v) is 6.85. The third kappa shape index (κ3) is 4.90. The van der Waals surface area contributed by atoms with Gasteiger partial charge in [-0.2, -0.15) is 0 Å². The third-order valence-corrected chi connectivity index (χ3v) is 3.74. The fourth-order valence-corrected chi connectivity index (χ4v) is 2.33. The number of carboxylic acids is 1. The van der Waals surface area contributed by atoms with Crippen LogP contribution < -0.4 is 9.47 Å². The number of aromatic carboxylic acids is 1. The molecule has 128 valence electrons. The summed E-state index contributed by atoms with van der Waals surface area (Å²) in [7, 11) is 0. The normalized spacial score (nSPS) is 11.2. The first kappa shape index (κ1) is 18.1. The van der Waals surface area contributed by atoms with Crippen LogP contribution in [0, 0.1) is 0 Å². The van der Waals surface area contributed by atoms with Crippen molar-refractivity contribution in [3.05, 3.63) is 58.6 Å². The molecule has 0 aliphatic rings. The molecule has 2 rings (SSSR count). The summed E-state index contributed by atoms with van der Waals surface area (Å²) in [5.74, 6) is -0.0501. The monoisotopic (exact) mass is 348 g/mol. The molecule has 0 aliphatic carbocycles. The van der Waals surface area contributed by atoms with E-state index in [1.165, 1.54) is 11.6 Å².